The van der Waals surface area contributed by atoms with E-state index in [9.17, 15) is 0 Å². The van der Waals surface area contributed by atoms with Crippen LogP contribution < -0.4 is 11.1 Å². The molecule has 0 bridgehead atoms. The molecule has 16 heavy (non-hydrogen) atoms. The molecule has 0 aliphatic rings. The van der Waals surface area contributed by atoms with Crippen molar-refractivity contribution in [1.82, 2.24) is 5.32 Å². The average Bonchev–Trinajstić information content (AvgIpc) is 2.28. The smallest absolute Gasteiger partial charge is 0.0588 e. The molecule has 3 N–H and O–H groups in total. The van der Waals surface area contributed by atoms with Crippen molar-refractivity contribution < 1.29 is 4.74 Å². The zero-order valence-corrected chi connectivity index (χ0v) is 11.3. The van der Waals surface area contributed by atoms with Crippen LogP contribution in [0.2, 0.25) is 0 Å². The van der Waals surface area contributed by atoms with E-state index in [1.54, 1.807) is 0 Å². The van der Waals surface area contributed by atoms with Gasteiger partial charge in [0.25, 0.3) is 0 Å². The van der Waals surface area contributed by atoms with Gasteiger partial charge in [-0.25, -0.2) is 0 Å². The fraction of sp³-hybridized carbons (Fsp3) is 1.00. The molecule has 0 saturated heterocycles. The highest BCUT2D eigenvalue weighted by Crippen LogP contribution is 2.16. The van der Waals surface area contributed by atoms with Crippen molar-refractivity contribution in [3.8, 4) is 0 Å². The summed E-state index contributed by atoms with van der Waals surface area (Å²) in [7, 11) is 0. The molecule has 1 unspecified atom stereocenters. The number of hydrogen-bond donors (Lipinski definition) is 2. The number of hydrogen-bond acceptors (Lipinski definition) is 3. The Morgan fingerprint density at radius 2 is 1.94 bits per heavy atom. The SMILES string of the molecule is CCCC(C)(CC)NCCCCOCCN. The summed E-state index contributed by atoms with van der Waals surface area (Å²) < 4.78 is 5.34. The molecule has 0 aromatic carbocycles. The molecule has 0 aromatic rings. The fourth-order valence-corrected chi connectivity index (χ4v) is 1.85. The van der Waals surface area contributed by atoms with Gasteiger partial charge in [-0.15, -0.1) is 0 Å². The molecule has 0 radical (unpaired) electrons. The number of ether oxygens (including phenoxy) is 1. The Bertz CT molecular complexity index is 153. The number of nitrogens with two attached hydrogens (primary N) is 1. The third kappa shape index (κ3) is 8.08. The lowest BCUT2D eigenvalue weighted by atomic mass is 9.93. The summed E-state index contributed by atoms with van der Waals surface area (Å²) in [6, 6.07) is 0. The van der Waals surface area contributed by atoms with Crippen LogP contribution in [0.5, 0.6) is 0 Å². The van der Waals surface area contributed by atoms with Gasteiger partial charge in [-0.3, -0.25) is 0 Å². The van der Waals surface area contributed by atoms with E-state index >= 15 is 0 Å². The van der Waals surface area contributed by atoms with Gasteiger partial charge < -0.3 is 15.8 Å². The molecule has 0 amide bonds. The first-order chi connectivity index (χ1) is 7.68. The van der Waals surface area contributed by atoms with E-state index in [0.717, 1.165) is 19.6 Å². The Balaban J connectivity index is 3.41. The van der Waals surface area contributed by atoms with Crippen molar-refractivity contribution >= 4 is 0 Å². The Labute approximate surface area is 101 Å². The van der Waals surface area contributed by atoms with Crippen molar-refractivity contribution in [2.24, 2.45) is 5.73 Å². The standard InChI is InChI=1S/C13H30N2O/c1-4-8-13(3,5-2)15-10-6-7-11-16-12-9-14/h15H,4-12,14H2,1-3H3. The predicted octanol–water partition coefficient (Wildman–Crippen LogP) is 2.30. The Kier molecular flexibility index (Phi) is 9.99. The number of rotatable bonds is 11. The van der Waals surface area contributed by atoms with Gasteiger partial charge in [0.15, 0.2) is 0 Å². The molecule has 1 atom stereocenters. The van der Waals surface area contributed by atoms with Crippen molar-refractivity contribution in [3.63, 3.8) is 0 Å². The monoisotopic (exact) mass is 230 g/mol. The first-order valence-corrected chi connectivity index (χ1v) is 6.71. The summed E-state index contributed by atoms with van der Waals surface area (Å²) in [6.45, 7) is 10.1. The minimum absolute atomic E-state index is 0.326. The Morgan fingerprint density at radius 3 is 2.50 bits per heavy atom. The zero-order valence-electron chi connectivity index (χ0n) is 11.3. The highest BCUT2D eigenvalue weighted by Gasteiger charge is 2.18. The average molecular weight is 230 g/mol. The van der Waals surface area contributed by atoms with Crippen molar-refractivity contribution in [3.05, 3.63) is 0 Å². The molecule has 0 saturated carbocycles. The fourth-order valence-electron chi connectivity index (χ4n) is 1.85. The topological polar surface area (TPSA) is 47.3 Å². The molecule has 3 nitrogen and oxygen atoms in total. The summed E-state index contributed by atoms with van der Waals surface area (Å²) in [5, 5.41) is 3.66. The van der Waals surface area contributed by atoms with Crippen LogP contribution in [0.25, 0.3) is 0 Å². The molecule has 0 rings (SSSR count). The van der Waals surface area contributed by atoms with Gasteiger partial charge in [-0.05, 0) is 39.2 Å². The molecular formula is C13H30N2O. The lowest BCUT2D eigenvalue weighted by Crippen LogP contribution is -2.42. The molecule has 3 heteroatoms. The van der Waals surface area contributed by atoms with Gasteiger partial charge >= 0.3 is 0 Å². The van der Waals surface area contributed by atoms with E-state index in [4.69, 9.17) is 10.5 Å². The lowest BCUT2D eigenvalue weighted by Gasteiger charge is -2.29. The maximum atomic E-state index is 5.34. The van der Waals surface area contributed by atoms with Gasteiger partial charge in [0.1, 0.15) is 0 Å². The number of nitrogens with one attached hydrogen (secondary N) is 1. The molecule has 0 heterocycles. The van der Waals surface area contributed by atoms with Crippen LogP contribution in [0.1, 0.15) is 52.9 Å². The van der Waals surface area contributed by atoms with Crippen LogP contribution in [-0.2, 0) is 4.74 Å². The van der Waals surface area contributed by atoms with Crippen LogP contribution in [0.4, 0.5) is 0 Å². The Morgan fingerprint density at radius 1 is 1.19 bits per heavy atom. The second-order valence-corrected chi connectivity index (χ2v) is 4.70. The summed E-state index contributed by atoms with van der Waals surface area (Å²) in [6.07, 6.45) is 6.01. The summed E-state index contributed by atoms with van der Waals surface area (Å²) in [5.41, 5.74) is 5.67. The molecule has 0 aliphatic heterocycles. The van der Waals surface area contributed by atoms with Crippen LogP contribution in [-0.4, -0.2) is 31.8 Å². The van der Waals surface area contributed by atoms with Crippen molar-refractivity contribution in [2.75, 3.05) is 26.3 Å². The maximum absolute atomic E-state index is 5.34. The van der Waals surface area contributed by atoms with Crippen molar-refractivity contribution in [2.45, 2.75) is 58.4 Å². The van der Waals surface area contributed by atoms with Gasteiger partial charge in [-0.2, -0.15) is 0 Å². The highest BCUT2D eigenvalue weighted by molar-refractivity contribution is 4.80. The Hall–Kier alpha value is -0.120. The quantitative estimate of drug-likeness (QED) is 0.535. The van der Waals surface area contributed by atoms with E-state index in [0.29, 0.717) is 18.7 Å². The van der Waals surface area contributed by atoms with Gasteiger partial charge in [0.05, 0.1) is 6.61 Å². The predicted molar refractivity (Wildman–Crippen MR) is 70.7 cm³/mol. The molecule has 0 aliphatic carbocycles. The lowest BCUT2D eigenvalue weighted by molar-refractivity contribution is 0.136. The van der Waals surface area contributed by atoms with E-state index in [2.05, 4.69) is 26.1 Å². The third-order valence-corrected chi connectivity index (χ3v) is 3.11. The van der Waals surface area contributed by atoms with Crippen LogP contribution in [0.3, 0.4) is 0 Å². The molecule has 0 spiro atoms. The molecule has 0 aromatic heterocycles. The van der Waals surface area contributed by atoms with Gasteiger partial charge in [-0.1, -0.05) is 20.3 Å². The van der Waals surface area contributed by atoms with E-state index in [1.165, 1.54) is 25.7 Å². The van der Waals surface area contributed by atoms with E-state index < -0.39 is 0 Å². The maximum Gasteiger partial charge on any atom is 0.0588 e. The summed E-state index contributed by atoms with van der Waals surface area (Å²) in [4.78, 5) is 0. The molecular weight excluding hydrogens is 200 g/mol. The summed E-state index contributed by atoms with van der Waals surface area (Å²) in [5.74, 6) is 0. The number of unbranched alkanes of at least 4 members (excludes halogenated alkanes) is 1. The molecule has 98 valence electrons. The van der Waals surface area contributed by atoms with Crippen molar-refractivity contribution in [1.29, 1.82) is 0 Å². The van der Waals surface area contributed by atoms with Gasteiger partial charge in [0.2, 0.25) is 0 Å². The zero-order chi connectivity index (χ0) is 12.3. The highest BCUT2D eigenvalue weighted by atomic mass is 16.5. The largest absolute Gasteiger partial charge is 0.380 e. The minimum atomic E-state index is 0.326. The van der Waals surface area contributed by atoms with Crippen LogP contribution in [0.15, 0.2) is 0 Å². The second kappa shape index (κ2) is 10.1. The van der Waals surface area contributed by atoms with Crippen LogP contribution in [0, 0.1) is 0 Å². The second-order valence-electron chi connectivity index (χ2n) is 4.70. The first kappa shape index (κ1) is 15.9. The third-order valence-electron chi connectivity index (χ3n) is 3.11. The van der Waals surface area contributed by atoms with E-state index in [-0.39, 0.29) is 0 Å². The normalized spacial score (nSPS) is 15.0. The first-order valence-electron chi connectivity index (χ1n) is 6.71. The summed E-state index contributed by atoms with van der Waals surface area (Å²) >= 11 is 0. The van der Waals surface area contributed by atoms with Crippen LogP contribution >= 0.6 is 0 Å². The van der Waals surface area contributed by atoms with Gasteiger partial charge in [0, 0.05) is 18.7 Å². The minimum Gasteiger partial charge on any atom is -0.380 e. The molecule has 0 fully saturated rings. The van der Waals surface area contributed by atoms with E-state index in [1.807, 2.05) is 0 Å².